The number of hydrogen-bond acceptors (Lipinski definition) is 5. The lowest BCUT2D eigenvalue weighted by Gasteiger charge is -2.09. The van der Waals surface area contributed by atoms with Crippen molar-refractivity contribution in [2.24, 2.45) is 5.73 Å². The van der Waals surface area contributed by atoms with Crippen molar-refractivity contribution in [3.63, 3.8) is 0 Å². The smallest absolute Gasteiger partial charge is 0.340 e. The third-order valence-corrected chi connectivity index (χ3v) is 4.66. The number of rotatable bonds is 2. The van der Waals surface area contributed by atoms with E-state index in [2.05, 4.69) is 10.1 Å². The van der Waals surface area contributed by atoms with E-state index in [1.807, 2.05) is 6.92 Å². The molecule has 1 aromatic carbocycles. The lowest BCUT2D eigenvalue weighted by molar-refractivity contribution is 0.247. The molecule has 7 nitrogen and oxygen atoms in total. The van der Waals surface area contributed by atoms with Crippen molar-refractivity contribution in [3.05, 3.63) is 35.2 Å². The SMILES string of the molecule is Cc1cc(C)c(S(=O)(=O)c2ncn(C(N)=O)n2)c(C)c1. The molecule has 1 heterocycles. The van der Waals surface area contributed by atoms with E-state index >= 15 is 0 Å². The van der Waals surface area contributed by atoms with Gasteiger partial charge in [0, 0.05) is 0 Å². The van der Waals surface area contributed by atoms with Gasteiger partial charge in [-0.3, -0.25) is 0 Å². The van der Waals surface area contributed by atoms with E-state index in [1.165, 1.54) is 0 Å². The van der Waals surface area contributed by atoms with Crippen LogP contribution in [0.25, 0.3) is 0 Å². The highest BCUT2D eigenvalue weighted by atomic mass is 32.2. The van der Waals surface area contributed by atoms with Crippen LogP contribution in [0.2, 0.25) is 0 Å². The fraction of sp³-hybridized carbons (Fsp3) is 0.250. The van der Waals surface area contributed by atoms with E-state index in [4.69, 9.17) is 5.73 Å². The van der Waals surface area contributed by atoms with Crippen molar-refractivity contribution < 1.29 is 13.2 Å². The Balaban J connectivity index is 2.63. The van der Waals surface area contributed by atoms with Crippen molar-refractivity contribution in [2.45, 2.75) is 30.8 Å². The number of sulfone groups is 1. The Morgan fingerprint density at radius 2 is 1.75 bits per heavy atom. The normalized spacial score (nSPS) is 11.6. The molecule has 8 heteroatoms. The molecule has 2 N–H and O–H groups in total. The average Bonchev–Trinajstić information content (AvgIpc) is 2.76. The summed E-state index contributed by atoms with van der Waals surface area (Å²) in [6.07, 6.45) is 0.980. The number of primary amides is 1. The van der Waals surface area contributed by atoms with Crippen LogP contribution in [0, 0.1) is 20.8 Å². The zero-order valence-electron chi connectivity index (χ0n) is 11.3. The fourth-order valence-electron chi connectivity index (χ4n) is 2.16. The summed E-state index contributed by atoms with van der Waals surface area (Å²) in [7, 11) is -3.88. The Labute approximate surface area is 116 Å². The maximum Gasteiger partial charge on any atom is 0.340 e. The minimum absolute atomic E-state index is 0.158. The first kappa shape index (κ1) is 14.2. The van der Waals surface area contributed by atoms with E-state index in [1.54, 1.807) is 26.0 Å². The molecule has 0 aliphatic heterocycles. The number of carbonyl (C=O) groups excluding carboxylic acids is 1. The molecule has 1 aromatic heterocycles. The fourth-order valence-corrected chi connectivity index (χ4v) is 3.69. The second-order valence-corrected chi connectivity index (χ2v) is 6.32. The molecular weight excluding hydrogens is 280 g/mol. The largest absolute Gasteiger partial charge is 0.350 e. The second-order valence-electron chi connectivity index (χ2n) is 4.54. The van der Waals surface area contributed by atoms with Gasteiger partial charge in [0.1, 0.15) is 6.33 Å². The Morgan fingerprint density at radius 1 is 1.20 bits per heavy atom. The number of carbonyl (C=O) groups is 1. The van der Waals surface area contributed by atoms with Gasteiger partial charge in [-0.25, -0.2) is 18.2 Å². The third kappa shape index (κ3) is 2.29. The summed E-state index contributed by atoms with van der Waals surface area (Å²) in [6, 6.07) is 2.65. The molecule has 0 aliphatic rings. The van der Waals surface area contributed by atoms with Gasteiger partial charge in [-0.1, -0.05) is 17.7 Å². The van der Waals surface area contributed by atoms with Gasteiger partial charge in [-0.15, -0.1) is 5.10 Å². The van der Waals surface area contributed by atoms with Gasteiger partial charge in [0.2, 0.25) is 9.84 Å². The van der Waals surface area contributed by atoms with Gasteiger partial charge in [-0.2, -0.15) is 4.68 Å². The molecule has 0 aliphatic carbocycles. The van der Waals surface area contributed by atoms with Gasteiger partial charge in [-0.05, 0) is 31.9 Å². The predicted octanol–water partition coefficient (Wildman–Crippen LogP) is 0.963. The molecule has 0 fully saturated rings. The van der Waals surface area contributed by atoms with Gasteiger partial charge >= 0.3 is 6.03 Å². The predicted molar refractivity (Wildman–Crippen MR) is 71.1 cm³/mol. The highest BCUT2D eigenvalue weighted by molar-refractivity contribution is 7.91. The molecule has 0 radical (unpaired) electrons. The van der Waals surface area contributed by atoms with Gasteiger partial charge in [0.25, 0.3) is 5.16 Å². The maximum absolute atomic E-state index is 12.5. The number of nitrogens with two attached hydrogens (primary N) is 1. The summed E-state index contributed by atoms with van der Waals surface area (Å²) in [4.78, 5) is 14.8. The maximum atomic E-state index is 12.5. The Kier molecular flexibility index (Phi) is 3.34. The van der Waals surface area contributed by atoms with Crippen molar-refractivity contribution >= 4 is 15.9 Å². The monoisotopic (exact) mass is 294 g/mol. The summed E-state index contributed by atoms with van der Waals surface area (Å²) >= 11 is 0. The first-order chi connectivity index (χ1) is 9.23. The topological polar surface area (TPSA) is 108 Å². The standard InChI is InChI=1S/C12H14N4O3S/c1-7-4-8(2)10(9(3)5-7)20(18,19)12-14-6-16(15-12)11(13)17/h4-6H,1-3H3,(H2,13,17). The highest BCUT2D eigenvalue weighted by Crippen LogP contribution is 2.26. The number of nitrogens with zero attached hydrogens (tertiary/aromatic N) is 3. The van der Waals surface area contributed by atoms with Crippen LogP contribution in [0.5, 0.6) is 0 Å². The quantitative estimate of drug-likeness (QED) is 0.887. The lowest BCUT2D eigenvalue weighted by atomic mass is 10.1. The molecule has 106 valence electrons. The molecular formula is C12H14N4O3S. The Hall–Kier alpha value is -2.22. The Bertz CT molecular complexity index is 770. The average molecular weight is 294 g/mol. The number of benzene rings is 1. The number of aryl methyl sites for hydroxylation is 3. The highest BCUT2D eigenvalue weighted by Gasteiger charge is 2.27. The molecule has 0 unspecified atom stereocenters. The lowest BCUT2D eigenvalue weighted by Crippen LogP contribution is -2.20. The van der Waals surface area contributed by atoms with Crippen LogP contribution in [0.15, 0.2) is 28.5 Å². The van der Waals surface area contributed by atoms with E-state index in [0.717, 1.165) is 11.9 Å². The van der Waals surface area contributed by atoms with Crippen molar-refractivity contribution in [2.75, 3.05) is 0 Å². The number of aromatic nitrogens is 3. The zero-order chi connectivity index (χ0) is 15.1. The van der Waals surface area contributed by atoms with Crippen molar-refractivity contribution in [3.8, 4) is 0 Å². The summed E-state index contributed by atoms with van der Waals surface area (Å²) in [5, 5.41) is 3.17. The first-order valence-corrected chi connectivity index (χ1v) is 7.26. The third-order valence-electron chi connectivity index (χ3n) is 2.81. The van der Waals surface area contributed by atoms with Crippen LogP contribution >= 0.6 is 0 Å². The summed E-state index contributed by atoms with van der Waals surface area (Å²) in [6.45, 7) is 5.30. The van der Waals surface area contributed by atoms with E-state index < -0.39 is 21.0 Å². The van der Waals surface area contributed by atoms with Crippen LogP contribution in [-0.2, 0) is 9.84 Å². The molecule has 1 amide bonds. The van der Waals surface area contributed by atoms with Crippen LogP contribution in [-0.4, -0.2) is 29.2 Å². The molecule has 0 saturated carbocycles. The minimum Gasteiger partial charge on any atom is -0.350 e. The molecule has 0 atom stereocenters. The molecule has 0 saturated heterocycles. The molecule has 0 bridgehead atoms. The van der Waals surface area contributed by atoms with Gasteiger partial charge in [0.05, 0.1) is 4.90 Å². The summed E-state index contributed by atoms with van der Waals surface area (Å²) < 4.78 is 25.8. The second kappa shape index (κ2) is 4.71. The number of hydrogen-bond donors (Lipinski definition) is 1. The van der Waals surface area contributed by atoms with Gasteiger partial charge < -0.3 is 5.73 Å². The Morgan fingerprint density at radius 3 is 2.20 bits per heavy atom. The summed E-state index contributed by atoms with van der Waals surface area (Å²) in [5.74, 6) is 0. The molecule has 0 spiro atoms. The molecule has 2 rings (SSSR count). The van der Waals surface area contributed by atoms with Crippen LogP contribution in [0.3, 0.4) is 0 Å². The molecule has 2 aromatic rings. The minimum atomic E-state index is -3.88. The van der Waals surface area contributed by atoms with Gasteiger partial charge in [0.15, 0.2) is 0 Å². The van der Waals surface area contributed by atoms with E-state index in [0.29, 0.717) is 15.8 Å². The van der Waals surface area contributed by atoms with Crippen LogP contribution in [0.4, 0.5) is 4.79 Å². The van der Waals surface area contributed by atoms with Crippen LogP contribution < -0.4 is 5.73 Å². The van der Waals surface area contributed by atoms with E-state index in [9.17, 15) is 13.2 Å². The first-order valence-electron chi connectivity index (χ1n) is 5.78. The van der Waals surface area contributed by atoms with Crippen LogP contribution in [0.1, 0.15) is 16.7 Å². The molecule has 20 heavy (non-hydrogen) atoms. The summed E-state index contributed by atoms with van der Waals surface area (Å²) in [5.41, 5.74) is 7.20. The van der Waals surface area contributed by atoms with E-state index in [-0.39, 0.29) is 4.90 Å². The number of amides is 1. The zero-order valence-corrected chi connectivity index (χ0v) is 12.1. The van der Waals surface area contributed by atoms with Crippen molar-refractivity contribution in [1.29, 1.82) is 0 Å². The van der Waals surface area contributed by atoms with Crippen molar-refractivity contribution in [1.82, 2.24) is 14.8 Å².